The molecule has 0 spiro atoms. The van der Waals surface area contributed by atoms with Gasteiger partial charge in [0.1, 0.15) is 17.3 Å². The fraction of sp³-hybridized carbons (Fsp3) is 0.478. The Balaban J connectivity index is 2.06. The molecule has 7 unspecified atom stereocenters. The zero-order valence-corrected chi connectivity index (χ0v) is 18.3. The van der Waals surface area contributed by atoms with E-state index in [1.54, 1.807) is 45.0 Å². The number of nitrogens with two attached hydrogens (primary N) is 1. The summed E-state index contributed by atoms with van der Waals surface area (Å²) in [4.78, 5) is 27.6. The molecule has 0 saturated heterocycles. The van der Waals surface area contributed by atoms with E-state index in [0.717, 1.165) is 0 Å². The number of primary amides is 1. The van der Waals surface area contributed by atoms with Gasteiger partial charge in [-0.2, -0.15) is 0 Å². The highest BCUT2D eigenvalue weighted by Gasteiger charge is 2.67. The van der Waals surface area contributed by atoms with Crippen molar-refractivity contribution in [2.45, 2.75) is 37.5 Å². The van der Waals surface area contributed by atoms with Gasteiger partial charge in [-0.05, 0) is 31.6 Å². The number of aliphatic hydroxyl groups excluding tert-OH is 3. The second-order valence-electron chi connectivity index (χ2n) is 9.30. The van der Waals surface area contributed by atoms with Gasteiger partial charge in [-0.15, -0.1) is 0 Å². The molecule has 32 heavy (non-hydrogen) atoms. The van der Waals surface area contributed by atoms with Crippen molar-refractivity contribution in [2.75, 3.05) is 14.1 Å². The van der Waals surface area contributed by atoms with Crippen molar-refractivity contribution in [1.82, 2.24) is 4.90 Å². The van der Waals surface area contributed by atoms with E-state index in [9.17, 15) is 35.1 Å². The fourth-order valence-electron chi connectivity index (χ4n) is 6.21. The summed E-state index contributed by atoms with van der Waals surface area (Å²) in [6.07, 6.45) is -1.37. The molecular formula is C23H28N2O7. The molecule has 0 aliphatic heterocycles. The Kier molecular flexibility index (Phi) is 4.92. The fourth-order valence-corrected chi connectivity index (χ4v) is 6.21. The van der Waals surface area contributed by atoms with Crippen LogP contribution < -0.4 is 5.73 Å². The van der Waals surface area contributed by atoms with E-state index in [1.807, 2.05) is 0 Å². The molecule has 1 saturated carbocycles. The molecule has 1 aromatic carbocycles. The van der Waals surface area contributed by atoms with E-state index in [0.29, 0.717) is 5.56 Å². The summed E-state index contributed by atoms with van der Waals surface area (Å²) >= 11 is 0. The summed E-state index contributed by atoms with van der Waals surface area (Å²) in [5.74, 6) is -7.02. The molecule has 1 aromatic rings. The zero-order chi connectivity index (χ0) is 23.9. The lowest BCUT2D eigenvalue weighted by Crippen LogP contribution is -2.69. The van der Waals surface area contributed by atoms with Crippen LogP contribution in [0.5, 0.6) is 5.75 Å². The maximum Gasteiger partial charge on any atom is 0.248 e. The first-order valence-corrected chi connectivity index (χ1v) is 10.5. The molecule has 9 heteroatoms. The molecule has 7 atom stereocenters. The Labute approximate surface area is 185 Å². The summed E-state index contributed by atoms with van der Waals surface area (Å²) in [6, 6.07) is 3.94. The normalized spacial score (nSPS) is 36.7. The minimum Gasteiger partial charge on any atom is -0.508 e. The first kappa shape index (κ1) is 22.3. The van der Waals surface area contributed by atoms with Gasteiger partial charge in [-0.25, -0.2) is 0 Å². The molecule has 0 aromatic heterocycles. The second kappa shape index (κ2) is 7.06. The zero-order valence-electron chi connectivity index (χ0n) is 18.3. The van der Waals surface area contributed by atoms with E-state index in [4.69, 9.17) is 5.73 Å². The predicted octanol–water partition coefficient (Wildman–Crippen LogP) is 0.563. The van der Waals surface area contributed by atoms with Crippen LogP contribution in [0.25, 0.3) is 5.76 Å². The van der Waals surface area contributed by atoms with Crippen molar-refractivity contribution < 1.29 is 35.1 Å². The Morgan fingerprint density at radius 2 is 1.75 bits per heavy atom. The minimum atomic E-state index is -2.67. The van der Waals surface area contributed by atoms with Crippen molar-refractivity contribution in [2.24, 2.45) is 23.5 Å². The summed E-state index contributed by atoms with van der Waals surface area (Å²) in [5, 5.41) is 55.5. The lowest BCUT2D eigenvalue weighted by molar-refractivity contribution is -0.169. The highest BCUT2D eigenvalue weighted by atomic mass is 16.4. The molecule has 0 heterocycles. The maximum absolute atomic E-state index is 13.8. The van der Waals surface area contributed by atoms with Crippen molar-refractivity contribution in [3.05, 3.63) is 46.2 Å². The maximum atomic E-state index is 13.8. The average Bonchev–Trinajstić information content (AvgIpc) is 2.70. The molecule has 0 bridgehead atoms. The molecule has 3 aliphatic carbocycles. The predicted molar refractivity (Wildman–Crippen MR) is 115 cm³/mol. The van der Waals surface area contributed by atoms with Gasteiger partial charge in [0.15, 0.2) is 5.60 Å². The van der Waals surface area contributed by atoms with Gasteiger partial charge in [0.2, 0.25) is 11.7 Å². The lowest BCUT2D eigenvalue weighted by Gasteiger charge is -2.56. The Bertz CT molecular complexity index is 1090. The van der Waals surface area contributed by atoms with Crippen LogP contribution in [0.2, 0.25) is 0 Å². The summed E-state index contributed by atoms with van der Waals surface area (Å²) in [6.45, 7) is 3.40. The van der Waals surface area contributed by atoms with Crippen LogP contribution in [0.4, 0.5) is 0 Å². The number of nitrogens with zero attached hydrogens (tertiary/aromatic N) is 1. The van der Waals surface area contributed by atoms with Crippen molar-refractivity contribution >= 4 is 17.4 Å². The SMILES string of the molecule is CC1C(C(N)=O)=C(O)C2(O)C(=O)C3=C(O)c4c(O)cccc4C(C)C3C(O)C2C1N(C)C. The van der Waals surface area contributed by atoms with Crippen LogP contribution in [-0.4, -0.2) is 74.0 Å². The minimum absolute atomic E-state index is 0.0424. The Hall–Kier alpha value is -2.88. The summed E-state index contributed by atoms with van der Waals surface area (Å²) in [7, 11) is 3.36. The van der Waals surface area contributed by atoms with Gasteiger partial charge in [0.25, 0.3) is 0 Å². The third kappa shape index (κ3) is 2.55. The number of phenolic OH excluding ortho intramolecular Hbond substituents is 1. The molecule has 3 aliphatic rings. The topological polar surface area (TPSA) is 165 Å². The number of aromatic hydroxyl groups is 1. The van der Waals surface area contributed by atoms with Gasteiger partial charge < -0.3 is 36.2 Å². The van der Waals surface area contributed by atoms with E-state index in [2.05, 4.69) is 0 Å². The van der Waals surface area contributed by atoms with Gasteiger partial charge in [0.05, 0.1) is 17.2 Å². The first-order valence-electron chi connectivity index (χ1n) is 10.5. The van der Waals surface area contributed by atoms with Gasteiger partial charge >= 0.3 is 0 Å². The van der Waals surface area contributed by atoms with Crippen molar-refractivity contribution in [1.29, 1.82) is 0 Å². The molecule has 9 nitrogen and oxygen atoms in total. The van der Waals surface area contributed by atoms with E-state index >= 15 is 0 Å². The number of hydrogen-bond donors (Lipinski definition) is 6. The van der Waals surface area contributed by atoms with Crippen LogP contribution in [-0.2, 0) is 9.59 Å². The lowest BCUT2D eigenvalue weighted by atomic mass is 9.53. The van der Waals surface area contributed by atoms with Gasteiger partial charge in [0, 0.05) is 29.4 Å². The van der Waals surface area contributed by atoms with Crippen molar-refractivity contribution in [3.8, 4) is 5.75 Å². The number of carbonyl (C=O) groups excluding carboxylic acids is 2. The standard InChI is InChI=1S/C23H28N2O7/c1-8-10-6-5-7-11(26)14(10)18(27)15-12(8)19(28)16-17(25(3)4)9(2)13(22(24)31)20(29)23(16,32)21(15)30/h5-9,12,16-17,19,26-29,32H,1-4H3,(H2,24,31). The summed E-state index contributed by atoms with van der Waals surface area (Å²) < 4.78 is 0. The second-order valence-corrected chi connectivity index (χ2v) is 9.30. The molecular weight excluding hydrogens is 416 g/mol. The number of Topliss-reactive ketones (excluding diaryl/α,β-unsaturated/α-hetero) is 1. The monoisotopic (exact) mass is 444 g/mol. The number of ketones is 1. The van der Waals surface area contributed by atoms with Gasteiger partial charge in [-0.1, -0.05) is 26.0 Å². The summed E-state index contributed by atoms with van der Waals surface area (Å²) in [5.41, 5.74) is 2.81. The first-order chi connectivity index (χ1) is 14.9. The van der Waals surface area contributed by atoms with Crippen LogP contribution in [0.1, 0.15) is 30.9 Å². The molecule has 7 N–H and O–H groups in total. The van der Waals surface area contributed by atoms with Crippen LogP contribution in [0, 0.1) is 17.8 Å². The van der Waals surface area contributed by atoms with Crippen molar-refractivity contribution in [3.63, 3.8) is 0 Å². The molecule has 1 amide bonds. The molecule has 1 fully saturated rings. The van der Waals surface area contributed by atoms with Gasteiger partial charge in [-0.3, -0.25) is 9.59 Å². The number of rotatable bonds is 2. The largest absolute Gasteiger partial charge is 0.508 e. The number of aliphatic hydroxyl groups is 4. The number of carbonyl (C=O) groups is 2. The third-order valence-corrected chi connectivity index (χ3v) is 7.55. The average molecular weight is 444 g/mol. The smallest absolute Gasteiger partial charge is 0.248 e. The number of phenols is 1. The quantitative estimate of drug-likeness (QED) is 0.385. The van der Waals surface area contributed by atoms with E-state index in [1.165, 1.54) is 6.07 Å². The highest BCUT2D eigenvalue weighted by Crippen LogP contribution is 2.57. The highest BCUT2D eigenvalue weighted by molar-refractivity contribution is 6.12. The van der Waals surface area contributed by atoms with E-state index in [-0.39, 0.29) is 22.5 Å². The Morgan fingerprint density at radius 1 is 1.12 bits per heavy atom. The van der Waals surface area contributed by atoms with Crippen LogP contribution in [0.3, 0.4) is 0 Å². The number of amides is 1. The van der Waals surface area contributed by atoms with Crippen LogP contribution >= 0.6 is 0 Å². The third-order valence-electron chi connectivity index (χ3n) is 7.55. The van der Waals surface area contributed by atoms with Crippen LogP contribution in [0.15, 0.2) is 35.1 Å². The Morgan fingerprint density at radius 3 is 2.31 bits per heavy atom. The number of fused-ring (bicyclic) bond motifs is 3. The molecule has 0 radical (unpaired) electrons. The number of hydrogen-bond acceptors (Lipinski definition) is 8. The molecule has 172 valence electrons. The van der Waals surface area contributed by atoms with E-state index < -0.39 is 64.6 Å². The molecule has 4 rings (SSSR count). The number of benzene rings is 1.